The number of aromatic nitrogens is 2. The Kier molecular flexibility index (Phi) is 2.64. The second-order valence-electron chi connectivity index (χ2n) is 4.01. The summed E-state index contributed by atoms with van der Waals surface area (Å²) >= 11 is 0. The molecule has 1 aromatic heterocycles. The number of phenolic OH excluding ortho intramolecular Hbond substituents is 2. The summed E-state index contributed by atoms with van der Waals surface area (Å²) in [5.41, 5.74) is 1.28. The number of phenols is 2. The minimum atomic E-state index is 0.134. The molecule has 0 aliphatic heterocycles. The monoisotopic (exact) mass is 254 g/mol. The van der Waals surface area contributed by atoms with E-state index in [0.717, 1.165) is 0 Å². The Morgan fingerprint density at radius 1 is 0.737 bits per heavy atom. The fraction of sp³-hybridized carbons (Fsp3) is 0. The van der Waals surface area contributed by atoms with E-state index in [9.17, 15) is 10.2 Å². The fourth-order valence-electron chi connectivity index (χ4n) is 1.73. The van der Waals surface area contributed by atoms with Crippen LogP contribution in [-0.4, -0.2) is 20.4 Å². The maximum atomic E-state index is 9.41. The van der Waals surface area contributed by atoms with Crippen molar-refractivity contribution < 1.29 is 14.6 Å². The van der Waals surface area contributed by atoms with E-state index in [-0.39, 0.29) is 11.5 Å². The molecule has 5 nitrogen and oxygen atoms in total. The molecule has 0 saturated carbocycles. The van der Waals surface area contributed by atoms with Gasteiger partial charge in [-0.1, -0.05) is 12.1 Å². The van der Waals surface area contributed by atoms with Crippen molar-refractivity contribution in [1.29, 1.82) is 0 Å². The molecule has 0 saturated heterocycles. The van der Waals surface area contributed by atoms with Gasteiger partial charge in [-0.3, -0.25) is 0 Å². The van der Waals surface area contributed by atoms with Crippen molar-refractivity contribution in [3.8, 4) is 34.4 Å². The number of nitrogens with zero attached hydrogens (tertiary/aromatic N) is 2. The molecule has 94 valence electrons. The van der Waals surface area contributed by atoms with Gasteiger partial charge >= 0.3 is 0 Å². The van der Waals surface area contributed by atoms with Crippen LogP contribution in [0, 0.1) is 0 Å². The Morgan fingerprint density at radius 3 is 1.63 bits per heavy atom. The summed E-state index contributed by atoms with van der Waals surface area (Å²) in [6.45, 7) is 0. The van der Waals surface area contributed by atoms with E-state index in [0.29, 0.717) is 22.9 Å². The van der Waals surface area contributed by atoms with Gasteiger partial charge in [-0.05, 0) is 36.4 Å². The van der Waals surface area contributed by atoms with Crippen molar-refractivity contribution >= 4 is 0 Å². The molecule has 0 aliphatic carbocycles. The standard InChI is InChI=1S/C14H10N2O3/c17-11-5-1-3-9(7-11)13-15-16-14(19-13)10-4-2-6-12(18)8-10/h1-8,17-18H. The molecule has 5 heteroatoms. The third-order valence-electron chi connectivity index (χ3n) is 2.61. The van der Waals surface area contributed by atoms with Crippen LogP contribution >= 0.6 is 0 Å². The van der Waals surface area contributed by atoms with Crippen LogP contribution in [0.2, 0.25) is 0 Å². The van der Waals surface area contributed by atoms with Gasteiger partial charge in [0.25, 0.3) is 0 Å². The van der Waals surface area contributed by atoms with Crippen LogP contribution in [0.15, 0.2) is 52.9 Å². The molecule has 19 heavy (non-hydrogen) atoms. The summed E-state index contributed by atoms with van der Waals surface area (Å²) in [6, 6.07) is 13.1. The van der Waals surface area contributed by atoms with Crippen molar-refractivity contribution in [2.45, 2.75) is 0 Å². The van der Waals surface area contributed by atoms with Gasteiger partial charge in [0.1, 0.15) is 11.5 Å². The lowest BCUT2D eigenvalue weighted by Gasteiger charge is -1.96. The molecule has 3 rings (SSSR count). The molecular formula is C14H10N2O3. The van der Waals surface area contributed by atoms with E-state index in [4.69, 9.17) is 4.42 Å². The lowest BCUT2D eigenvalue weighted by Crippen LogP contribution is -1.77. The zero-order valence-corrected chi connectivity index (χ0v) is 9.82. The van der Waals surface area contributed by atoms with Crippen molar-refractivity contribution in [2.24, 2.45) is 0 Å². The minimum Gasteiger partial charge on any atom is -0.508 e. The minimum absolute atomic E-state index is 0.134. The van der Waals surface area contributed by atoms with Gasteiger partial charge in [0.2, 0.25) is 11.8 Å². The van der Waals surface area contributed by atoms with E-state index in [1.807, 2.05) is 0 Å². The number of benzene rings is 2. The normalized spacial score (nSPS) is 10.5. The summed E-state index contributed by atoms with van der Waals surface area (Å²) in [5.74, 6) is 0.896. The maximum Gasteiger partial charge on any atom is 0.248 e. The summed E-state index contributed by atoms with van der Waals surface area (Å²) in [4.78, 5) is 0. The van der Waals surface area contributed by atoms with Gasteiger partial charge < -0.3 is 14.6 Å². The van der Waals surface area contributed by atoms with Crippen LogP contribution in [-0.2, 0) is 0 Å². The van der Waals surface area contributed by atoms with Crippen molar-refractivity contribution in [2.75, 3.05) is 0 Å². The SMILES string of the molecule is Oc1cccc(-c2nnc(-c3cccc(O)c3)o2)c1. The highest BCUT2D eigenvalue weighted by atomic mass is 16.4. The van der Waals surface area contributed by atoms with Gasteiger partial charge in [0.05, 0.1) is 0 Å². The third-order valence-corrected chi connectivity index (χ3v) is 2.61. The van der Waals surface area contributed by atoms with Gasteiger partial charge in [-0.2, -0.15) is 0 Å². The molecule has 1 heterocycles. The average Bonchev–Trinajstić information content (AvgIpc) is 2.88. The quantitative estimate of drug-likeness (QED) is 0.735. The highest BCUT2D eigenvalue weighted by Gasteiger charge is 2.11. The van der Waals surface area contributed by atoms with Gasteiger partial charge in [-0.15, -0.1) is 10.2 Å². The Hall–Kier alpha value is -2.82. The first kappa shape index (κ1) is 11.3. The predicted molar refractivity (Wildman–Crippen MR) is 68.5 cm³/mol. The Labute approximate surface area is 108 Å². The molecule has 0 aliphatic rings. The maximum absolute atomic E-state index is 9.41. The Bertz CT molecular complexity index is 662. The summed E-state index contributed by atoms with van der Waals surface area (Å²) < 4.78 is 5.52. The number of hydrogen-bond donors (Lipinski definition) is 2. The summed E-state index contributed by atoms with van der Waals surface area (Å²) in [7, 11) is 0. The van der Waals surface area contributed by atoms with Crippen molar-refractivity contribution in [3.63, 3.8) is 0 Å². The number of aromatic hydroxyl groups is 2. The molecule has 0 atom stereocenters. The lowest BCUT2D eigenvalue weighted by atomic mass is 10.2. The number of hydrogen-bond acceptors (Lipinski definition) is 5. The molecule has 2 N–H and O–H groups in total. The Balaban J connectivity index is 2.00. The van der Waals surface area contributed by atoms with E-state index in [1.54, 1.807) is 48.5 Å². The molecular weight excluding hydrogens is 244 g/mol. The van der Waals surface area contributed by atoms with Crippen LogP contribution in [0.1, 0.15) is 0 Å². The van der Waals surface area contributed by atoms with Crippen molar-refractivity contribution in [3.05, 3.63) is 48.5 Å². The van der Waals surface area contributed by atoms with Crippen LogP contribution in [0.3, 0.4) is 0 Å². The molecule has 3 aromatic rings. The smallest absolute Gasteiger partial charge is 0.248 e. The predicted octanol–water partition coefficient (Wildman–Crippen LogP) is 2.81. The van der Waals surface area contributed by atoms with Crippen LogP contribution in [0.5, 0.6) is 11.5 Å². The fourth-order valence-corrected chi connectivity index (χ4v) is 1.73. The lowest BCUT2D eigenvalue weighted by molar-refractivity contribution is 0.475. The first-order valence-electron chi connectivity index (χ1n) is 5.65. The van der Waals surface area contributed by atoms with Crippen LogP contribution < -0.4 is 0 Å². The van der Waals surface area contributed by atoms with Gasteiger partial charge in [0, 0.05) is 11.1 Å². The molecule has 2 aromatic carbocycles. The largest absolute Gasteiger partial charge is 0.508 e. The van der Waals surface area contributed by atoms with Crippen molar-refractivity contribution in [1.82, 2.24) is 10.2 Å². The second kappa shape index (κ2) is 4.45. The molecule has 0 radical (unpaired) electrons. The first-order chi connectivity index (χ1) is 9.22. The third kappa shape index (κ3) is 2.26. The zero-order chi connectivity index (χ0) is 13.2. The molecule has 0 bridgehead atoms. The average molecular weight is 254 g/mol. The first-order valence-corrected chi connectivity index (χ1v) is 5.65. The molecule has 0 amide bonds. The van der Waals surface area contributed by atoms with E-state index in [2.05, 4.69) is 10.2 Å². The topological polar surface area (TPSA) is 79.4 Å². The van der Waals surface area contributed by atoms with E-state index in [1.165, 1.54) is 0 Å². The van der Waals surface area contributed by atoms with Gasteiger partial charge in [-0.25, -0.2) is 0 Å². The molecule has 0 unspecified atom stereocenters. The van der Waals surface area contributed by atoms with Crippen LogP contribution in [0.4, 0.5) is 0 Å². The second-order valence-corrected chi connectivity index (χ2v) is 4.01. The zero-order valence-electron chi connectivity index (χ0n) is 9.82. The van der Waals surface area contributed by atoms with E-state index < -0.39 is 0 Å². The summed E-state index contributed by atoms with van der Waals surface area (Å²) in [5, 5.41) is 26.7. The number of rotatable bonds is 2. The summed E-state index contributed by atoms with van der Waals surface area (Å²) in [6.07, 6.45) is 0. The molecule has 0 fully saturated rings. The highest BCUT2D eigenvalue weighted by molar-refractivity contribution is 5.60. The Morgan fingerprint density at radius 2 is 1.21 bits per heavy atom. The highest BCUT2D eigenvalue weighted by Crippen LogP contribution is 2.27. The molecule has 0 spiro atoms. The van der Waals surface area contributed by atoms with Crippen LogP contribution in [0.25, 0.3) is 22.9 Å². The van der Waals surface area contributed by atoms with E-state index >= 15 is 0 Å². The van der Waals surface area contributed by atoms with Gasteiger partial charge in [0.15, 0.2) is 0 Å².